The number of rotatable bonds is 6. The summed E-state index contributed by atoms with van der Waals surface area (Å²) in [5.41, 5.74) is -5.72. The quantitative estimate of drug-likeness (QED) is 0.482. The number of carbonyl (C=O) groups is 1. The highest BCUT2D eigenvalue weighted by molar-refractivity contribution is 5.61. The molecule has 0 aromatic heterocycles. The molecule has 0 unspecified atom stereocenters. The highest BCUT2D eigenvalue weighted by Gasteiger charge is 2.59. The maximum absolute atomic E-state index is 13.0. The highest BCUT2D eigenvalue weighted by Crippen LogP contribution is 2.42. The molecule has 0 atom stereocenters. The van der Waals surface area contributed by atoms with E-state index < -0.39 is 55.4 Å². The van der Waals surface area contributed by atoms with Gasteiger partial charge in [0.15, 0.2) is 0 Å². The van der Waals surface area contributed by atoms with E-state index in [4.69, 9.17) is 0 Å². The lowest BCUT2D eigenvalue weighted by Crippen LogP contribution is -2.52. The Kier molecular flexibility index (Phi) is 6.59. The summed E-state index contributed by atoms with van der Waals surface area (Å²) in [4.78, 5) is 11.6. The van der Waals surface area contributed by atoms with Crippen LogP contribution < -0.4 is 0 Å². The average molecular weight is 338 g/mol. The van der Waals surface area contributed by atoms with E-state index in [9.17, 15) is 31.1 Å². The second-order valence-electron chi connectivity index (χ2n) is 4.85. The van der Waals surface area contributed by atoms with E-state index >= 15 is 0 Å². The van der Waals surface area contributed by atoms with Gasteiger partial charge in [0.1, 0.15) is 0 Å². The van der Waals surface area contributed by atoms with Gasteiger partial charge < -0.3 is 9.47 Å². The van der Waals surface area contributed by atoms with Crippen molar-refractivity contribution in [1.29, 1.82) is 0 Å². The van der Waals surface area contributed by atoms with Crippen molar-refractivity contribution in [3.05, 3.63) is 0 Å². The second kappa shape index (κ2) is 6.95. The molecular formula is C13H20F6O3. The Morgan fingerprint density at radius 1 is 0.682 bits per heavy atom. The van der Waals surface area contributed by atoms with Gasteiger partial charge in [0.05, 0.1) is 0 Å². The van der Waals surface area contributed by atoms with Gasteiger partial charge in [0.2, 0.25) is 11.2 Å². The molecular weight excluding hydrogens is 318 g/mol. The fourth-order valence-electron chi connectivity index (χ4n) is 2.05. The van der Waals surface area contributed by atoms with Crippen molar-refractivity contribution in [1.82, 2.24) is 0 Å². The molecule has 0 N–H and O–H groups in total. The smallest absolute Gasteiger partial charge is 0.418 e. The van der Waals surface area contributed by atoms with Crippen LogP contribution in [0, 0.1) is 0 Å². The molecule has 0 rings (SSSR count). The van der Waals surface area contributed by atoms with E-state index in [0.717, 1.165) is 27.7 Å². The first kappa shape index (κ1) is 20.9. The molecule has 0 fully saturated rings. The zero-order chi connectivity index (χ0) is 17.8. The van der Waals surface area contributed by atoms with Crippen LogP contribution in [-0.2, 0) is 9.47 Å². The molecule has 3 nitrogen and oxygen atoms in total. The molecule has 22 heavy (non-hydrogen) atoms. The predicted molar refractivity (Wildman–Crippen MR) is 66.3 cm³/mol. The zero-order valence-electron chi connectivity index (χ0n) is 12.8. The van der Waals surface area contributed by atoms with E-state index in [-0.39, 0.29) is 0 Å². The van der Waals surface area contributed by atoms with Crippen LogP contribution in [0.1, 0.15) is 53.4 Å². The number of hydrogen-bond acceptors (Lipinski definition) is 3. The molecule has 0 spiro atoms. The Bertz CT molecular complexity index is 333. The molecule has 0 aliphatic heterocycles. The maximum atomic E-state index is 13.0. The summed E-state index contributed by atoms with van der Waals surface area (Å²) in [6.07, 6.45) is -14.3. The number of carbonyl (C=O) groups excluding carboxylic acids is 1. The normalized spacial score (nSPS) is 13.9. The molecule has 0 heterocycles. The molecule has 9 heteroatoms. The first-order valence-corrected chi connectivity index (χ1v) is 6.90. The molecule has 0 aromatic carbocycles. The minimum atomic E-state index is -4.91. The minimum absolute atomic E-state index is 0.626. The van der Waals surface area contributed by atoms with Crippen molar-refractivity contribution < 1.29 is 40.6 Å². The fraction of sp³-hybridized carbons (Fsp3) is 0.923. The Balaban J connectivity index is 5.36. The van der Waals surface area contributed by atoms with Crippen LogP contribution in [0.15, 0.2) is 0 Å². The molecule has 0 aliphatic rings. The van der Waals surface area contributed by atoms with Crippen molar-refractivity contribution in [2.75, 3.05) is 0 Å². The van der Waals surface area contributed by atoms with Crippen LogP contribution in [0.4, 0.5) is 31.1 Å². The Labute approximate surface area is 125 Å². The molecule has 0 amide bonds. The minimum Gasteiger partial charge on any atom is -0.418 e. The Morgan fingerprint density at radius 3 is 1.05 bits per heavy atom. The third-order valence-corrected chi connectivity index (χ3v) is 3.88. The van der Waals surface area contributed by atoms with Gasteiger partial charge in [-0.3, -0.25) is 0 Å². The van der Waals surface area contributed by atoms with Crippen LogP contribution in [0.3, 0.4) is 0 Å². The lowest BCUT2D eigenvalue weighted by molar-refractivity contribution is -0.290. The van der Waals surface area contributed by atoms with E-state index in [2.05, 4.69) is 9.47 Å². The summed E-state index contributed by atoms with van der Waals surface area (Å²) in [7, 11) is 0. The van der Waals surface area contributed by atoms with Crippen LogP contribution in [-0.4, -0.2) is 29.7 Å². The van der Waals surface area contributed by atoms with Gasteiger partial charge in [-0.05, 0) is 25.7 Å². The topological polar surface area (TPSA) is 35.5 Å². The first-order chi connectivity index (χ1) is 9.84. The molecule has 0 saturated carbocycles. The first-order valence-electron chi connectivity index (χ1n) is 6.90. The largest absolute Gasteiger partial charge is 0.510 e. The van der Waals surface area contributed by atoms with Crippen molar-refractivity contribution >= 4 is 6.16 Å². The number of halogens is 6. The van der Waals surface area contributed by atoms with Crippen molar-refractivity contribution in [3.8, 4) is 0 Å². The Hall–Kier alpha value is -1.15. The highest BCUT2D eigenvalue weighted by atomic mass is 19.4. The van der Waals surface area contributed by atoms with Gasteiger partial charge in [-0.1, -0.05) is 27.7 Å². The van der Waals surface area contributed by atoms with E-state index in [1.165, 1.54) is 0 Å². The van der Waals surface area contributed by atoms with Crippen LogP contribution >= 0.6 is 0 Å². The maximum Gasteiger partial charge on any atom is 0.510 e. The third-order valence-electron chi connectivity index (χ3n) is 3.88. The summed E-state index contributed by atoms with van der Waals surface area (Å²) >= 11 is 0. The van der Waals surface area contributed by atoms with Crippen LogP contribution in [0.2, 0.25) is 0 Å². The zero-order valence-corrected chi connectivity index (χ0v) is 12.8. The van der Waals surface area contributed by atoms with E-state index in [1.54, 1.807) is 0 Å². The van der Waals surface area contributed by atoms with Gasteiger partial charge in [0, 0.05) is 0 Å². The summed E-state index contributed by atoms with van der Waals surface area (Å²) in [5.74, 6) is 0. The monoisotopic (exact) mass is 338 g/mol. The molecule has 0 aliphatic carbocycles. The average Bonchev–Trinajstić information content (AvgIpc) is 2.39. The number of hydrogen-bond donors (Lipinski definition) is 0. The van der Waals surface area contributed by atoms with Gasteiger partial charge in [-0.15, -0.1) is 0 Å². The standard InChI is InChI=1S/C13H20F6O3/c1-5-10(6-2,12(14,15)16)21-9(20)22-11(7-3,8-4)13(17,18)19/h5-8H2,1-4H3. The van der Waals surface area contributed by atoms with Gasteiger partial charge in [-0.25, -0.2) is 4.79 Å². The third kappa shape index (κ3) is 3.98. The Morgan fingerprint density at radius 2 is 0.909 bits per heavy atom. The summed E-state index contributed by atoms with van der Waals surface area (Å²) in [6, 6.07) is 0. The summed E-state index contributed by atoms with van der Waals surface area (Å²) in [5, 5.41) is 0. The van der Waals surface area contributed by atoms with E-state index in [0.29, 0.717) is 0 Å². The number of alkyl halides is 6. The lowest BCUT2D eigenvalue weighted by atomic mass is 9.96. The summed E-state index contributed by atoms with van der Waals surface area (Å²) in [6.45, 7) is 4.50. The molecule has 0 radical (unpaired) electrons. The SMILES string of the molecule is CCC(CC)(OC(=O)OC(CC)(CC)C(F)(F)F)C(F)(F)F. The van der Waals surface area contributed by atoms with Crippen molar-refractivity contribution in [2.45, 2.75) is 76.9 Å². The lowest BCUT2D eigenvalue weighted by Gasteiger charge is -2.36. The van der Waals surface area contributed by atoms with Gasteiger partial charge in [0.25, 0.3) is 0 Å². The van der Waals surface area contributed by atoms with Gasteiger partial charge >= 0.3 is 18.5 Å². The number of ether oxygens (including phenoxy) is 2. The van der Waals surface area contributed by atoms with Gasteiger partial charge in [-0.2, -0.15) is 26.3 Å². The van der Waals surface area contributed by atoms with Crippen LogP contribution in [0.25, 0.3) is 0 Å². The van der Waals surface area contributed by atoms with E-state index in [1.807, 2.05) is 0 Å². The molecule has 0 saturated heterocycles. The molecule has 132 valence electrons. The fourth-order valence-corrected chi connectivity index (χ4v) is 2.05. The molecule has 0 aromatic rings. The predicted octanol–water partition coefficient (Wildman–Crippen LogP) is 5.38. The van der Waals surface area contributed by atoms with Crippen LogP contribution in [0.5, 0.6) is 0 Å². The second-order valence-corrected chi connectivity index (χ2v) is 4.85. The van der Waals surface area contributed by atoms with Crippen molar-refractivity contribution in [2.24, 2.45) is 0 Å². The summed E-state index contributed by atoms with van der Waals surface area (Å²) < 4.78 is 86.6. The molecule has 0 bridgehead atoms. The van der Waals surface area contributed by atoms with Crippen molar-refractivity contribution in [3.63, 3.8) is 0 Å².